The number of hydrogen-bond acceptors (Lipinski definition) is 7. The fraction of sp³-hybridized carbons (Fsp3) is 0.208. The summed E-state index contributed by atoms with van der Waals surface area (Å²) in [6.45, 7) is 3.22. The number of nitrogens with zero attached hydrogens (tertiary/aromatic N) is 6. The van der Waals surface area contributed by atoms with E-state index in [1.165, 1.54) is 34.2 Å². The lowest BCUT2D eigenvalue weighted by molar-refractivity contribution is -0.114. The van der Waals surface area contributed by atoms with Gasteiger partial charge in [0.15, 0.2) is 5.78 Å². The van der Waals surface area contributed by atoms with Crippen LogP contribution < -0.4 is 4.74 Å². The minimum Gasteiger partial charge on any atom is -0.487 e. The Morgan fingerprint density at radius 3 is 2.60 bits per heavy atom. The zero-order valence-electron chi connectivity index (χ0n) is 18.6. The van der Waals surface area contributed by atoms with E-state index in [0.29, 0.717) is 17.5 Å². The second-order valence-corrected chi connectivity index (χ2v) is 7.94. The molecule has 4 rings (SSSR count). The molecule has 4 aromatic rings. The summed E-state index contributed by atoms with van der Waals surface area (Å²) >= 11 is 0. The van der Waals surface area contributed by atoms with Gasteiger partial charge in [-0.3, -0.25) is 4.79 Å². The monoisotopic (exact) mass is 480 g/mol. The van der Waals surface area contributed by atoms with Gasteiger partial charge in [0.05, 0.1) is 19.3 Å². The standard InChI is InChI=1S/C24H22F2N6O3/c1-2-20(33)9-17-3-6-21(7-4-17)35-12-19-11-31(30-29-19)13-24(34,14-32-16-27-15-28-32)22-8-5-18(25)10-23(22)26/h2-8,10-11,15-16,34H,1,9,12-14H2. The van der Waals surface area contributed by atoms with E-state index < -0.39 is 17.2 Å². The molecule has 2 aromatic heterocycles. The van der Waals surface area contributed by atoms with Gasteiger partial charge in [-0.1, -0.05) is 30.0 Å². The van der Waals surface area contributed by atoms with E-state index in [0.717, 1.165) is 11.6 Å². The highest BCUT2D eigenvalue weighted by Gasteiger charge is 2.34. The number of carbonyl (C=O) groups is 1. The van der Waals surface area contributed by atoms with Crippen molar-refractivity contribution in [3.8, 4) is 5.75 Å². The first-order chi connectivity index (χ1) is 16.8. The third kappa shape index (κ3) is 6.01. The average molecular weight is 480 g/mol. The average Bonchev–Trinajstić information content (AvgIpc) is 3.50. The first kappa shape index (κ1) is 23.9. The van der Waals surface area contributed by atoms with Crippen LogP contribution in [0.2, 0.25) is 0 Å². The molecular formula is C24H22F2N6O3. The predicted molar refractivity (Wildman–Crippen MR) is 120 cm³/mol. The van der Waals surface area contributed by atoms with Crippen molar-refractivity contribution in [3.05, 3.63) is 102 Å². The highest BCUT2D eigenvalue weighted by molar-refractivity contribution is 5.90. The lowest BCUT2D eigenvalue weighted by atomic mass is 9.93. The highest BCUT2D eigenvalue weighted by Crippen LogP contribution is 2.28. The van der Waals surface area contributed by atoms with Crippen molar-refractivity contribution in [1.82, 2.24) is 29.8 Å². The Labute approximate surface area is 199 Å². The molecule has 11 heteroatoms. The van der Waals surface area contributed by atoms with Gasteiger partial charge in [0, 0.05) is 18.1 Å². The fourth-order valence-electron chi connectivity index (χ4n) is 3.55. The normalized spacial score (nSPS) is 12.8. The molecule has 0 saturated heterocycles. The number of aliphatic hydroxyl groups is 1. The van der Waals surface area contributed by atoms with Gasteiger partial charge in [0.2, 0.25) is 0 Å². The molecule has 0 aliphatic heterocycles. The van der Waals surface area contributed by atoms with Gasteiger partial charge < -0.3 is 9.84 Å². The number of benzene rings is 2. The quantitative estimate of drug-likeness (QED) is 0.329. The van der Waals surface area contributed by atoms with Crippen molar-refractivity contribution in [2.24, 2.45) is 0 Å². The van der Waals surface area contributed by atoms with Crippen LogP contribution in [0.1, 0.15) is 16.8 Å². The number of carbonyl (C=O) groups excluding carboxylic acids is 1. The molecule has 1 atom stereocenters. The highest BCUT2D eigenvalue weighted by atomic mass is 19.1. The number of hydrogen-bond donors (Lipinski definition) is 1. The SMILES string of the molecule is C=CC(=O)Cc1ccc(OCc2cn(CC(O)(Cn3cncn3)c3ccc(F)cc3F)nn2)cc1. The topological polar surface area (TPSA) is 108 Å². The maximum Gasteiger partial charge on any atom is 0.159 e. The zero-order valence-corrected chi connectivity index (χ0v) is 18.6. The predicted octanol–water partition coefficient (Wildman–Crippen LogP) is 2.61. The molecule has 2 aromatic carbocycles. The molecule has 0 saturated carbocycles. The summed E-state index contributed by atoms with van der Waals surface area (Å²) in [5.74, 6) is -1.14. The summed E-state index contributed by atoms with van der Waals surface area (Å²) in [6.07, 6.45) is 5.78. The van der Waals surface area contributed by atoms with Gasteiger partial charge in [0.1, 0.15) is 47.9 Å². The Morgan fingerprint density at radius 2 is 1.91 bits per heavy atom. The number of halogens is 2. The maximum absolute atomic E-state index is 14.6. The van der Waals surface area contributed by atoms with Crippen molar-refractivity contribution in [1.29, 1.82) is 0 Å². The van der Waals surface area contributed by atoms with Crippen LogP contribution in [0.25, 0.3) is 0 Å². The van der Waals surface area contributed by atoms with Gasteiger partial charge in [-0.15, -0.1) is 5.10 Å². The Bertz CT molecular complexity index is 1310. The van der Waals surface area contributed by atoms with E-state index in [9.17, 15) is 18.7 Å². The van der Waals surface area contributed by atoms with Crippen LogP contribution in [-0.4, -0.2) is 40.6 Å². The number of aromatic nitrogens is 6. The molecule has 2 heterocycles. The smallest absolute Gasteiger partial charge is 0.159 e. The van der Waals surface area contributed by atoms with E-state index in [1.807, 2.05) is 0 Å². The summed E-state index contributed by atoms with van der Waals surface area (Å²) in [5.41, 5.74) is -0.625. The summed E-state index contributed by atoms with van der Waals surface area (Å²) in [7, 11) is 0. The Kier molecular flexibility index (Phi) is 7.06. The van der Waals surface area contributed by atoms with E-state index in [4.69, 9.17) is 4.74 Å². The van der Waals surface area contributed by atoms with Gasteiger partial charge >= 0.3 is 0 Å². The second-order valence-electron chi connectivity index (χ2n) is 7.94. The van der Waals surface area contributed by atoms with Crippen molar-refractivity contribution < 1.29 is 23.4 Å². The molecule has 1 N–H and O–H groups in total. The van der Waals surface area contributed by atoms with Crippen LogP contribution in [0.4, 0.5) is 8.78 Å². The number of ketones is 1. The van der Waals surface area contributed by atoms with Crippen LogP contribution in [0.3, 0.4) is 0 Å². The maximum atomic E-state index is 14.6. The molecule has 0 fully saturated rings. The van der Waals surface area contributed by atoms with Crippen LogP contribution in [0, 0.1) is 11.6 Å². The summed E-state index contributed by atoms with van der Waals surface area (Å²) in [5, 5.41) is 23.4. The summed E-state index contributed by atoms with van der Waals surface area (Å²) in [6, 6.07) is 10.0. The molecular weight excluding hydrogens is 458 g/mol. The van der Waals surface area contributed by atoms with Crippen molar-refractivity contribution in [2.75, 3.05) is 0 Å². The zero-order chi connectivity index (χ0) is 24.8. The minimum absolute atomic E-state index is 0.0698. The summed E-state index contributed by atoms with van der Waals surface area (Å²) in [4.78, 5) is 15.3. The summed E-state index contributed by atoms with van der Waals surface area (Å²) < 4.78 is 36.4. The van der Waals surface area contributed by atoms with Gasteiger partial charge in [-0.25, -0.2) is 23.1 Å². The molecule has 0 amide bonds. The van der Waals surface area contributed by atoms with Gasteiger partial charge in [-0.05, 0) is 29.8 Å². The van der Waals surface area contributed by atoms with Crippen LogP contribution in [0.5, 0.6) is 5.75 Å². The lowest BCUT2D eigenvalue weighted by Gasteiger charge is -2.28. The molecule has 0 radical (unpaired) electrons. The van der Waals surface area contributed by atoms with Crippen molar-refractivity contribution in [2.45, 2.75) is 31.7 Å². The van der Waals surface area contributed by atoms with Crippen molar-refractivity contribution in [3.63, 3.8) is 0 Å². The number of ether oxygens (including phenoxy) is 1. The van der Waals surface area contributed by atoms with Gasteiger partial charge in [-0.2, -0.15) is 5.10 Å². The second kappa shape index (κ2) is 10.3. The fourth-order valence-corrected chi connectivity index (χ4v) is 3.55. The number of allylic oxidation sites excluding steroid dienone is 1. The molecule has 35 heavy (non-hydrogen) atoms. The van der Waals surface area contributed by atoms with Crippen LogP contribution in [0.15, 0.2) is 74.0 Å². The number of rotatable bonds is 11. The van der Waals surface area contributed by atoms with E-state index in [-0.39, 0.29) is 37.5 Å². The third-order valence-electron chi connectivity index (χ3n) is 5.25. The molecule has 0 bridgehead atoms. The minimum atomic E-state index is -1.82. The molecule has 0 aliphatic rings. The molecule has 0 spiro atoms. The Hall–Kier alpha value is -4.25. The Morgan fingerprint density at radius 1 is 1.14 bits per heavy atom. The first-order valence-corrected chi connectivity index (χ1v) is 10.6. The molecule has 1 unspecified atom stereocenters. The van der Waals surface area contributed by atoms with Crippen LogP contribution >= 0.6 is 0 Å². The van der Waals surface area contributed by atoms with E-state index in [2.05, 4.69) is 27.0 Å². The molecule has 0 aliphatic carbocycles. The van der Waals surface area contributed by atoms with Crippen molar-refractivity contribution >= 4 is 5.78 Å². The molecule has 9 nitrogen and oxygen atoms in total. The van der Waals surface area contributed by atoms with Gasteiger partial charge in [0.25, 0.3) is 0 Å². The van der Waals surface area contributed by atoms with E-state index >= 15 is 0 Å². The third-order valence-corrected chi connectivity index (χ3v) is 5.25. The van der Waals surface area contributed by atoms with E-state index in [1.54, 1.807) is 30.5 Å². The lowest BCUT2D eigenvalue weighted by Crippen LogP contribution is -2.37. The first-order valence-electron chi connectivity index (χ1n) is 10.6. The largest absolute Gasteiger partial charge is 0.487 e. The van der Waals surface area contributed by atoms with Crippen LogP contribution in [-0.2, 0) is 36.5 Å². The molecule has 180 valence electrons. The Balaban J connectivity index is 1.46.